The molecular formula is C17H20N3O4-. The number of hydroxylamine groups is 2. The van der Waals surface area contributed by atoms with Gasteiger partial charge in [-0.05, 0) is 18.4 Å². The molecule has 0 aromatic heterocycles. The summed E-state index contributed by atoms with van der Waals surface area (Å²) in [5.41, 5.74) is 0.932. The van der Waals surface area contributed by atoms with Crippen molar-refractivity contribution in [1.82, 2.24) is 9.96 Å². The molecular weight excluding hydrogens is 310 g/mol. The second-order valence-electron chi connectivity index (χ2n) is 5.78. The summed E-state index contributed by atoms with van der Waals surface area (Å²) < 4.78 is 0. The van der Waals surface area contributed by atoms with Gasteiger partial charge in [0.15, 0.2) is 0 Å². The number of amides is 1. The molecule has 1 heterocycles. The van der Waals surface area contributed by atoms with E-state index in [4.69, 9.17) is 10.1 Å². The first-order valence-electron chi connectivity index (χ1n) is 7.81. The van der Waals surface area contributed by atoms with Crippen molar-refractivity contribution in [3.05, 3.63) is 35.9 Å². The van der Waals surface area contributed by atoms with Crippen LogP contribution < -0.4 is 5.11 Å². The SMILES string of the molecule is CC(=O)N(OCc1ccccc1)C1CCC(C#N)N(CC(=O)[O-])C1. The lowest BCUT2D eigenvalue weighted by Crippen LogP contribution is -2.55. The molecule has 2 unspecified atom stereocenters. The van der Waals surface area contributed by atoms with Gasteiger partial charge in [-0.1, -0.05) is 30.3 Å². The molecule has 1 aliphatic rings. The van der Waals surface area contributed by atoms with Gasteiger partial charge in [0.05, 0.1) is 24.1 Å². The highest BCUT2D eigenvalue weighted by atomic mass is 16.7. The lowest BCUT2D eigenvalue weighted by Gasteiger charge is -2.40. The highest BCUT2D eigenvalue weighted by Gasteiger charge is 2.33. The Balaban J connectivity index is 2.03. The largest absolute Gasteiger partial charge is 0.549 e. The Hall–Kier alpha value is -2.43. The van der Waals surface area contributed by atoms with Gasteiger partial charge in [0.25, 0.3) is 0 Å². The van der Waals surface area contributed by atoms with Crippen LogP contribution in [0.2, 0.25) is 0 Å². The number of hydrogen-bond donors (Lipinski definition) is 0. The maximum Gasteiger partial charge on any atom is 0.243 e. The van der Waals surface area contributed by atoms with E-state index in [0.29, 0.717) is 12.8 Å². The molecule has 0 aliphatic carbocycles. The molecule has 0 spiro atoms. The first-order valence-corrected chi connectivity index (χ1v) is 7.81. The van der Waals surface area contributed by atoms with Crippen molar-refractivity contribution >= 4 is 11.9 Å². The van der Waals surface area contributed by atoms with Crippen LogP contribution in [0.3, 0.4) is 0 Å². The second kappa shape index (κ2) is 8.43. The molecule has 1 aromatic carbocycles. The van der Waals surface area contributed by atoms with Crippen molar-refractivity contribution in [2.45, 2.75) is 38.5 Å². The van der Waals surface area contributed by atoms with Crippen LogP contribution in [0.25, 0.3) is 0 Å². The number of carbonyl (C=O) groups is 2. The molecule has 24 heavy (non-hydrogen) atoms. The van der Waals surface area contributed by atoms with Gasteiger partial charge >= 0.3 is 0 Å². The zero-order valence-electron chi connectivity index (χ0n) is 13.6. The number of aliphatic carboxylic acids is 1. The van der Waals surface area contributed by atoms with E-state index < -0.39 is 12.0 Å². The smallest absolute Gasteiger partial charge is 0.243 e. The molecule has 0 bridgehead atoms. The van der Waals surface area contributed by atoms with Crippen LogP contribution in [0.15, 0.2) is 30.3 Å². The number of carbonyl (C=O) groups excluding carboxylic acids is 2. The minimum atomic E-state index is -1.24. The minimum absolute atomic E-state index is 0.249. The van der Waals surface area contributed by atoms with E-state index in [1.54, 1.807) is 0 Å². The van der Waals surface area contributed by atoms with E-state index >= 15 is 0 Å². The summed E-state index contributed by atoms with van der Waals surface area (Å²) in [6.45, 7) is 1.59. The average molecular weight is 330 g/mol. The predicted octanol–water partition coefficient (Wildman–Crippen LogP) is 0.0732. The summed E-state index contributed by atoms with van der Waals surface area (Å²) >= 11 is 0. The van der Waals surface area contributed by atoms with E-state index in [2.05, 4.69) is 6.07 Å². The molecule has 2 atom stereocenters. The average Bonchev–Trinajstić information content (AvgIpc) is 2.55. The van der Waals surface area contributed by atoms with Crippen molar-refractivity contribution in [1.29, 1.82) is 5.26 Å². The van der Waals surface area contributed by atoms with E-state index in [-0.39, 0.29) is 31.6 Å². The summed E-state index contributed by atoms with van der Waals surface area (Å²) in [7, 11) is 0. The molecule has 2 rings (SSSR count). The number of rotatable bonds is 6. The molecule has 0 saturated carbocycles. The molecule has 1 aliphatic heterocycles. The quantitative estimate of drug-likeness (QED) is 0.685. The lowest BCUT2D eigenvalue weighted by molar-refractivity contribution is -0.307. The topological polar surface area (TPSA) is 96.7 Å². The van der Waals surface area contributed by atoms with Gasteiger partial charge in [-0.25, -0.2) is 5.06 Å². The number of benzene rings is 1. The van der Waals surface area contributed by atoms with E-state index in [1.165, 1.54) is 16.9 Å². The van der Waals surface area contributed by atoms with Crippen LogP contribution >= 0.6 is 0 Å². The first kappa shape index (κ1) is 17.9. The highest BCUT2D eigenvalue weighted by molar-refractivity contribution is 5.72. The van der Waals surface area contributed by atoms with Gasteiger partial charge in [0, 0.05) is 20.0 Å². The maximum atomic E-state index is 11.9. The molecule has 1 amide bonds. The normalized spacial score (nSPS) is 21.0. The fourth-order valence-corrected chi connectivity index (χ4v) is 2.87. The summed E-state index contributed by atoms with van der Waals surface area (Å²) in [4.78, 5) is 30.0. The van der Waals surface area contributed by atoms with Crippen LogP contribution in [0.1, 0.15) is 25.3 Å². The Labute approximate surface area is 141 Å². The van der Waals surface area contributed by atoms with E-state index in [0.717, 1.165) is 5.56 Å². The monoisotopic (exact) mass is 330 g/mol. The van der Waals surface area contributed by atoms with Crippen molar-refractivity contribution in [2.24, 2.45) is 0 Å². The second-order valence-corrected chi connectivity index (χ2v) is 5.78. The Kier molecular flexibility index (Phi) is 6.29. The fourth-order valence-electron chi connectivity index (χ4n) is 2.87. The third-order valence-electron chi connectivity index (χ3n) is 4.00. The Morgan fingerprint density at radius 1 is 1.38 bits per heavy atom. The summed E-state index contributed by atoms with van der Waals surface area (Å²) in [6.07, 6.45) is 1.06. The molecule has 0 N–H and O–H groups in total. The molecule has 7 nitrogen and oxygen atoms in total. The van der Waals surface area contributed by atoms with Crippen molar-refractivity contribution in [3.8, 4) is 6.07 Å². The van der Waals surface area contributed by atoms with Gasteiger partial charge in [-0.3, -0.25) is 14.5 Å². The van der Waals surface area contributed by atoms with Crippen LogP contribution in [0.4, 0.5) is 0 Å². The minimum Gasteiger partial charge on any atom is -0.549 e. The summed E-state index contributed by atoms with van der Waals surface area (Å²) in [5, 5.41) is 21.3. The van der Waals surface area contributed by atoms with Gasteiger partial charge in [0.1, 0.15) is 6.61 Å². The van der Waals surface area contributed by atoms with Crippen LogP contribution in [0.5, 0.6) is 0 Å². The number of nitrogens with zero attached hydrogens (tertiary/aromatic N) is 3. The molecule has 7 heteroatoms. The van der Waals surface area contributed by atoms with Gasteiger partial charge in [-0.15, -0.1) is 0 Å². The molecule has 0 radical (unpaired) electrons. The number of likely N-dealkylation sites (tertiary alicyclic amines) is 1. The van der Waals surface area contributed by atoms with Crippen LogP contribution in [0, 0.1) is 11.3 Å². The molecule has 1 aromatic rings. The Morgan fingerprint density at radius 3 is 2.67 bits per heavy atom. The van der Waals surface area contributed by atoms with Crippen molar-refractivity contribution < 1.29 is 19.5 Å². The van der Waals surface area contributed by atoms with Crippen LogP contribution in [-0.4, -0.2) is 47.0 Å². The van der Waals surface area contributed by atoms with Crippen molar-refractivity contribution in [3.63, 3.8) is 0 Å². The van der Waals surface area contributed by atoms with E-state index in [9.17, 15) is 14.7 Å². The number of piperidine rings is 1. The third kappa shape index (κ3) is 4.78. The molecule has 128 valence electrons. The maximum absolute atomic E-state index is 11.9. The van der Waals surface area contributed by atoms with E-state index in [1.807, 2.05) is 30.3 Å². The van der Waals surface area contributed by atoms with Crippen LogP contribution in [-0.2, 0) is 21.0 Å². The summed E-state index contributed by atoms with van der Waals surface area (Å²) in [5.74, 6) is -1.49. The molecule has 1 fully saturated rings. The summed E-state index contributed by atoms with van der Waals surface area (Å²) in [6, 6.07) is 10.8. The Bertz CT molecular complexity index is 614. The zero-order valence-corrected chi connectivity index (χ0v) is 13.6. The zero-order chi connectivity index (χ0) is 17.5. The lowest BCUT2D eigenvalue weighted by atomic mass is 9.98. The van der Waals surface area contributed by atoms with Crippen molar-refractivity contribution in [2.75, 3.05) is 13.1 Å². The van der Waals surface area contributed by atoms with Gasteiger partial charge in [0.2, 0.25) is 5.91 Å². The number of nitriles is 1. The standard InChI is InChI=1S/C17H21N3O4/c1-13(21)20(24-12-14-5-3-2-4-6-14)16-8-7-15(9-18)19(10-16)11-17(22)23/h2-6,15-16H,7-8,10-12H2,1H3,(H,22,23)/p-1. The third-order valence-corrected chi connectivity index (χ3v) is 4.00. The fraction of sp³-hybridized carbons (Fsp3) is 0.471. The highest BCUT2D eigenvalue weighted by Crippen LogP contribution is 2.22. The van der Waals surface area contributed by atoms with Gasteiger partial charge in [-0.2, -0.15) is 5.26 Å². The van der Waals surface area contributed by atoms with Gasteiger partial charge < -0.3 is 9.90 Å². The number of carboxylic acid groups (broad SMARTS) is 1. The Morgan fingerprint density at radius 2 is 2.08 bits per heavy atom. The predicted molar refractivity (Wildman–Crippen MR) is 82.8 cm³/mol. The number of hydrogen-bond acceptors (Lipinski definition) is 6. The first-order chi connectivity index (χ1) is 11.5. The molecule has 1 saturated heterocycles. The number of carboxylic acids is 1.